The van der Waals surface area contributed by atoms with Crippen molar-refractivity contribution >= 4 is 5.91 Å². The number of nitrogens with one attached hydrogen (secondary N) is 2. The fraction of sp³-hybridized carbons (Fsp3) is 0.0833. The summed E-state index contributed by atoms with van der Waals surface area (Å²) in [6, 6.07) is 5.34. The number of carbonyl (C=O) groups excluding carboxylic acids is 1. The van der Waals surface area contributed by atoms with E-state index >= 15 is 0 Å². The molecule has 0 spiro atoms. The number of rotatable bonds is 3. The van der Waals surface area contributed by atoms with Gasteiger partial charge in [-0.1, -0.05) is 0 Å². The third-order valence-corrected chi connectivity index (χ3v) is 2.36. The Morgan fingerprint density at radius 1 is 1.26 bits per heavy atom. The number of H-pyrrole nitrogens is 1. The number of halogens is 2. The standard InChI is InChI=1S/C12H9F2N3O2/c13-8-1-2-9(14)7(5-8)6-15-12(19)10-3-4-11(18)17-16-10/h1-5H,6H2,(H,15,19)(H,17,18). The third-order valence-electron chi connectivity index (χ3n) is 2.36. The van der Waals surface area contributed by atoms with Crippen LogP contribution in [0.3, 0.4) is 0 Å². The molecule has 1 aromatic heterocycles. The van der Waals surface area contributed by atoms with Crippen molar-refractivity contribution in [1.29, 1.82) is 0 Å². The van der Waals surface area contributed by atoms with E-state index in [1.54, 1.807) is 0 Å². The van der Waals surface area contributed by atoms with E-state index in [1.165, 1.54) is 6.07 Å². The second-order valence-corrected chi connectivity index (χ2v) is 3.72. The first-order chi connectivity index (χ1) is 9.06. The van der Waals surface area contributed by atoms with Crippen molar-refractivity contribution in [3.05, 3.63) is 63.6 Å². The topological polar surface area (TPSA) is 74.8 Å². The van der Waals surface area contributed by atoms with Crippen LogP contribution in [0.25, 0.3) is 0 Å². The largest absolute Gasteiger partial charge is 0.346 e. The molecule has 0 aliphatic heterocycles. The first-order valence-electron chi connectivity index (χ1n) is 5.34. The lowest BCUT2D eigenvalue weighted by molar-refractivity contribution is 0.0944. The zero-order chi connectivity index (χ0) is 13.8. The summed E-state index contributed by atoms with van der Waals surface area (Å²) in [7, 11) is 0. The summed E-state index contributed by atoms with van der Waals surface area (Å²) in [4.78, 5) is 22.4. The average molecular weight is 265 g/mol. The predicted molar refractivity (Wildman–Crippen MR) is 62.4 cm³/mol. The maximum atomic E-state index is 13.3. The Morgan fingerprint density at radius 2 is 2.05 bits per heavy atom. The van der Waals surface area contributed by atoms with Gasteiger partial charge in [-0.3, -0.25) is 9.59 Å². The van der Waals surface area contributed by atoms with Crippen molar-refractivity contribution in [3.63, 3.8) is 0 Å². The van der Waals surface area contributed by atoms with Crippen LogP contribution in [0.4, 0.5) is 8.78 Å². The van der Waals surface area contributed by atoms with Crippen molar-refractivity contribution in [2.75, 3.05) is 0 Å². The van der Waals surface area contributed by atoms with Crippen LogP contribution >= 0.6 is 0 Å². The minimum absolute atomic E-state index is 0.0172. The van der Waals surface area contributed by atoms with Crippen molar-refractivity contribution in [2.24, 2.45) is 0 Å². The van der Waals surface area contributed by atoms with Crippen molar-refractivity contribution in [1.82, 2.24) is 15.5 Å². The Kier molecular flexibility index (Phi) is 3.65. The lowest BCUT2D eigenvalue weighted by Crippen LogP contribution is -2.25. The molecule has 0 bridgehead atoms. The zero-order valence-corrected chi connectivity index (χ0v) is 9.61. The number of hydrogen-bond donors (Lipinski definition) is 2. The lowest BCUT2D eigenvalue weighted by Gasteiger charge is -2.05. The van der Waals surface area contributed by atoms with Gasteiger partial charge in [-0.25, -0.2) is 13.9 Å². The highest BCUT2D eigenvalue weighted by atomic mass is 19.1. The molecule has 2 aromatic rings. The van der Waals surface area contributed by atoms with E-state index in [1.807, 2.05) is 0 Å². The molecule has 0 saturated heterocycles. The van der Waals surface area contributed by atoms with Gasteiger partial charge in [0.05, 0.1) is 0 Å². The fourth-order valence-electron chi connectivity index (χ4n) is 1.42. The first-order valence-corrected chi connectivity index (χ1v) is 5.34. The summed E-state index contributed by atoms with van der Waals surface area (Å²) in [5.41, 5.74) is -0.429. The first kappa shape index (κ1) is 12.9. The van der Waals surface area contributed by atoms with Crippen LogP contribution < -0.4 is 10.9 Å². The summed E-state index contributed by atoms with van der Waals surface area (Å²) < 4.78 is 26.2. The summed E-state index contributed by atoms with van der Waals surface area (Å²) in [6.45, 7) is -0.177. The molecule has 0 radical (unpaired) electrons. The highest BCUT2D eigenvalue weighted by molar-refractivity contribution is 5.91. The van der Waals surface area contributed by atoms with Gasteiger partial charge in [0.2, 0.25) is 0 Å². The molecule has 0 fully saturated rings. The van der Waals surface area contributed by atoms with Gasteiger partial charge in [0.15, 0.2) is 0 Å². The fourth-order valence-corrected chi connectivity index (χ4v) is 1.42. The lowest BCUT2D eigenvalue weighted by atomic mass is 10.2. The quantitative estimate of drug-likeness (QED) is 0.868. The maximum Gasteiger partial charge on any atom is 0.271 e. The SMILES string of the molecule is O=C(NCc1cc(F)ccc1F)c1ccc(=O)[nH]n1. The Labute approximate surface area is 106 Å². The molecule has 0 atom stereocenters. The molecule has 1 heterocycles. The van der Waals surface area contributed by atoms with Crippen LogP contribution in [0.2, 0.25) is 0 Å². The summed E-state index contributed by atoms with van der Waals surface area (Å²) >= 11 is 0. The van der Waals surface area contributed by atoms with E-state index in [9.17, 15) is 18.4 Å². The number of aromatic nitrogens is 2. The Balaban J connectivity index is 2.06. The monoisotopic (exact) mass is 265 g/mol. The van der Waals surface area contributed by atoms with Gasteiger partial charge in [0.25, 0.3) is 11.5 Å². The van der Waals surface area contributed by atoms with Gasteiger partial charge in [-0.2, -0.15) is 5.10 Å². The van der Waals surface area contributed by atoms with Gasteiger partial charge in [-0.15, -0.1) is 0 Å². The van der Waals surface area contributed by atoms with Crippen molar-refractivity contribution < 1.29 is 13.6 Å². The predicted octanol–water partition coefficient (Wildman–Crippen LogP) is 0.978. The van der Waals surface area contributed by atoms with Gasteiger partial charge in [-0.05, 0) is 24.3 Å². The van der Waals surface area contributed by atoms with E-state index in [0.717, 1.165) is 24.3 Å². The van der Waals surface area contributed by atoms with Gasteiger partial charge in [0, 0.05) is 18.2 Å². The highest BCUT2D eigenvalue weighted by Crippen LogP contribution is 2.09. The van der Waals surface area contributed by atoms with E-state index in [0.29, 0.717) is 0 Å². The van der Waals surface area contributed by atoms with Crippen molar-refractivity contribution in [2.45, 2.75) is 6.54 Å². The zero-order valence-electron chi connectivity index (χ0n) is 9.61. The summed E-state index contributed by atoms with van der Waals surface area (Å²) in [5.74, 6) is -1.80. The summed E-state index contributed by atoms with van der Waals surface area (Å²) in [6.07, 6.45) is 0. The minimum atomic E-state index is -0.615. The molecule has 0 unspecified atom stereocenters. The molecule has 2 rings (SSSR count). The molecule has 1 aromatic carbocycles. The van der Waals surface area contributed by atoms with Crippen LogP contribution in [-0.4, -0.2) is 16.1 Å². The van der Waals surface area contributed by atoms with Gasteiger partial charge in [0.1, 0.15) is 17.3 Å². The molecule has 7 heteroatoms. The maximum absolute atomic E-state index is 13.3. The van der Waals surface area contributed by atoms with Crippen LogP contribution in [0.5, 0.6) is 0 Å². The van der Waals surface area contributed by atoms with Crippen LogP contribution in [0, 0.1) is 11.6 Å². The molecule has 5 nitrogen and oxygen atoms in total. The smallest absolute Gasteiger partial charge is 0.271 e. The molecule has 1 amide bonds. The molecule has 98 valence electrons. The molecule has 19 heavy (non-hydrogen) atoms. The Hall–Kier alpha value is -2.57. The van der Waals surface area contributed by atoms with Crippen LogP contribution in [0.15, 0.2) is 35.1 Å². The number of hydrogen-bond acceptors (Lipinski definition) is 3. The van der Waals surface area contributed by atoms with E-state index < -0.39 is 23.1 Å². The molecule has 2 N–H and O–H groups in total. The number of amides is 1. The van der Waals surface area contributed by atoms with Gasteiger partial charge < -0.3 is 5.32 Å². The Morgan fingerprint density at radius 3 is 2.74 bits per heavy atom. The van der Waals surface area contributed by atoms with E-state index in [2.05, 4.69) is 15.5 Å². The van der Waals surface area contributed by atoms with E-state index in [-0.39, 0.29) is 17.8 Å². The van der Waals surface area contributed by atoms with Crippen LogP contribution in [-0.2, 0) is 6.54 Å². The van der Waals surface area contributed by atoms with Crippen molar-refractivity contribution in [3.8, 4) is 0 Å². The molecule has 0 aliphatic rings. The number of carbonyl (C=O) groups is 1. The van der Waals surface area contributed by atoms with Gasteiger partial charge >= 0.3 is 0 Å². The van der Waals surface area contributed by atoms with E-state index in [4.69, 9.17) is 0 Å². The minimum Gasteiger partial charge on any atom is -0.346 e. The molecular weight excluding hydrogens is 256 g/mol. The highest BCUT2D eigenvalue weighted by Gasteiger charge is 2.09. The normalized spacial score (nSPS) is 10.2. The number of nitrogens with zero attached hydrogens (tertiary/aromatic N) is 1. The molecule has 0 aliphatic carbocycles. The second-order valence-electron chi connectivity index (χ2n) is 3.72. The molecular formula is C12H9F2N3O2. The van der Waals surface area contributed by atoms with Crippen LogP contribution in [0.1, 0.15) is 16.1 Å². The number of aromatic amines is 1. The Bertz CT molecular complexity index is 650. The average Bonchev–Trinajstić information content (AvgIpc) is 2.40. The summed E-state index contributed by atoms with van der Waals surface area (Å²) in [5, 5.41) is 7.98. The third kappa shape index (κ3) is 3.21. The molecule has 0 saturated carbocycles. The number of benzene rings is 1. The second kappa shape index (κ2) is 5.38.